The molecule has 1 aliphatic heterocycles. The van der Waals surface area contributed by atoms with Crippen LogP contribution in [0.5, 0.6) is 0 Å². The average molecular weight is 511 g/mol. The van der Waals surface area contributed by atoms with Crippen molar-refractivity contribution in [3.63, 3.8) is 0 Å². The quantitative estimate of drug-likeness (QED) is 0.498. The van der Waals surface area contributed by atoms with Crippen molar-refractivity contribution in [3.8, 4) is 0 Å². The Bertz CT molecular complexity index is 1330. The topological polar surface area (TPSA) is 61.3 Å². The summed E-state index contributed by atoms with van der Waals surface area (Å²) in [6.07, 6.45) is -3.84. The molecule has 0 spiro atoms. The number of aromatic amines is 1. The molecule has 4 rings (SSSR count). The molecule has 180 valence electrons. The van der Waals surface area contributed by atoms with Crippen LogP contribution in [0, 0.1) is 4.77 Å². The zero-order chi connectivity index (χ0) is 24.5. The van der Waals surface area contributed by atoms with E-state index < -0.39 is 11.7 Å². The Balaban J connectivity index is 1.33. The van der Waals surface area contributed by atoms with Crippen molar-refractivity contribution in [2.24, 2.45) is 0 Å². The van der Waals surface area contributed by atoms with E-state index in [1.165, 1.54) is 10.6 Å². The Morgan fingerprint density at radius 2 is 1.79 bits per heavy atom. The first kappa shape index (κ1) is 24.3. The Labute approximate surface area is 203 Å². The second-order valence-electron chi connectivity index (χ2n) is 8.07. The lowest BCUT2D eigenvalue weighted by molar-refractivity contribution is -0.137. The number of carbonyl (C=O) groups excluding carboxylic acids is 1. The number of piperazine rings is 1. The first-order valence-electron chi connectivity index (χ1n) is 10.8. The third-order valence-corrected chi connectivity index (χ3v) is 6.57. The highest BCUT2D eigenvalue weighted by Gasteiger charge is 2.34. The predicted molar refractivity (Wildman–Crippen MR) is 128 cm³/mol. The SMILES string of the molecule is O=C(CCCn1c(=S)[nH]c2ccccc2c1=O)N1CCN(c2ccc(Cl)c(C(F)(F)F)c2)CC1. The van der Waals surface area contributed by atoms with Crippen LogP contribution in [0.1, 0.15) is 18.4 Å². The maximum absolute atomic E-state index is 13.1. The number of aromatic nitrogens is 2. The molecule has 1 amide bonds. The molecule has 0 bridgehead atoms. The zero-order valence-electron chi connectivity index (χ0n) is 18.1. The monoisotopic (exact) mass is 510 g/mol. The van der Waals surface area contributed by atoms with E-state index in [2.05, 4.69) is 4.98 Å². The number of rotatable bonds is 5. The van der Waals surface area contributed by atoms with Gasteiger partial charge in [0.05, 0.1) is 21.5 Å². The van der Waals surface area contributed by atoms with Crippen molar-refractivity contribution in [2.45, 2.75) is 25.6 Å². The van der Waals surface area contributed by atoms with Gasteiger partial charge in [-0.1, -0.05) is 23.7 Å². The van der Waals surface area contributed by atoms with Gasteiger partial charge < -0.3 is 14.8 Å². The highest BCUT2D eigenvalue weighted by atomic mass is 35.5. The van der Waals surface area contributed by atoms with E-state index in [0.29, 0.717) is 60.5 Å². The van der Waals surface area contributed by atoms with Crippen molar-refractivity contribution in [3.05, 3.63) is 68.2 Å². The molecule has 0 radical (unpaired) electrons. The van der Waals surface area contributed by atoms with Crippen LogP contribution in [-0.2, 0) is 17.5 Å². The molecule has 6 nitrogen and oxygen atoms in total. The number of fused-ring (bicyclic) bond motifs is 1. The van der Waals surface area contributed by atoms with Crippen molar-refractivity contribution < 1.29 is 18.0 Å². The number of nitrogens with one attached hydrogen (secondary N) is 1. The molecule has 0 atom stereocenters. The molecule has 0 unspecified atom stereocenters. The van der Waals surface area contributed by atoms with Crippen LogP contribution in [0.3, 0.4) is 0 Å². The molecule has 1 N–H and O–H groups in total. The standard InChI is InChI=1S/C23H22ClF3N4O2S/c24-18-8-7-15(14-17(18)23(25,26)27)29-10-12-30(13-11-29)20(32)6-3-9-31-21(33)16-4-1-2-5-19(16)28-22(31)34/h1-2,4-5,7-8,14H,3,6,9-13H2,(H,28,34). The maximum Gasteiger partial charge on any atom is 0.417 e. The maximum atomic E-state index is 13.1. The van der Waals surface area contributed by atoms with E-state index in [4.69, 9.17) is 23.8 Å². The lowest BCUT2D eigenvalue weighted by Crippen LogP contribution is -2.48. The number of H-pyrrole nitrogens is 1. The van der Waals surface area contributed by atoms with Gasteiger partial charge in [-0.2, -0.15) is 13.2 Å². The number of hydrogen-bond donors (Lipinski definition) is 1. The summed E-state index contributed by atoms with van der Waals surface area (Å²) >= 11 is 11.0. The van der Waals surface area contributed by atoms with Gasteiger partial charge in [0.1, 0.15) is 0 Å². The van der Waals surface area contributed by atoms with Crippen LogP contribution in [-0.4, -0.2) is 46.5 Å². The number of alkyl halides is 3. The van der Waals surface area contributed by atoms with Crippen LogP contribution in [0.2, 0.25) is 5.02 Å². The lowest BCUT2D eigenvalue weighted by Gasteiger charge is -2.36. The normalized spacial score (nSPS) is 14.6. The fourth-order valence-electron chi connectivity index (χ4n) is 4.09. The van der Waals surface area contributed by atoms with Gasteiger partial charge in [-0.3, -0.25) is 14.2 Å². The first-order valence-corrected chi connectivity index (χ1v) is 11.5. The van der Waals surface area contributed by atoms with Gasteiger partial charge in [0.25, 0.3) is 5.56 Å². The number of anilines is 1. The molecule has 0 aliphatic carbocycles. The highest BCUT2D eigenvalue weighted by molar-refractivity contribution is 7.71. The molecule has 0 saturated carbocycles. The minimum absolute atomic E-state index is 0.0597. The van der Waals surface area contributed by atoms with Crippen molar-refractivity contribution in [1.29, 1.82) is 0 Å². The van der Waals surface area contributed by atoms with Gasteiger partial charge in [0.2, 0.25) is 5.91 Å². The smallest absolute Gasteiger partial charge is 0.368 e. The summed E-state index contributed by atoms with van der Waals surface area (Å²) in [6.45, 7) is 1.95. The number of halogens is 4. The van der Waals surface area contributed by atoms with E-state index in [1.807, 2.05) is 11.0 Å². The van der Waals surface area contributed by atoms with E-state index in [0.717, 1.165) is 6.07 Å². The largest absolute Gasteiger partial charge is 0.417 e. The lowest BCUT2D eigenvalue weighted by atomic mass is 10.1. The van der Waals surface area contributed by atoms with Gasteiger partial charge in [-0.05, 0) is 49.0 Å². The van der Waals surface area contributed by atoms with Crippen molar-refractivity contribution >= 4 is 46.3 Å². The van der Waals surface area contributed by atoms with Crippen LogP contribution in [0.15, 0.2) is 47.3 Å². The number of para-hydroxylation sites is 1. The fourth-order valence-corrected chi connectivity index (χ4v) is 4.60. The number of carbonyl (C=O) groups is 1. The summed E-state index contributed by atoms with van der Waals surface area (Å²) in [5.41, 5.74) is 0.0357. The van der Waals surface area contributed by atoms with E-state index >= 15 is 0 Å². The highest BCUT2D eigenvalue weighted by Crippen LogP contribution is 2.37. The molecule has 11 heteroatoms. The molecule has 1 fully saturated rings. The van der Waals surface area contributed by atoms with Gasteiger partial charge in [0.15, 0.2) is 4.77 Å². The molecular formula is C23H22ClF3N4O2S. The summed E-state index contributed by atoms with van der Waals surface area (Å²) in [5.74, 6) is -0.0597. The minimum atomic E-state index is -4.53. The minimum Gasteiger partial charge on any atom is -0.368 e. The molecule has 1 aromatic heterocycles. The zero-order valence-corrected chi connectivity index (χ0v) is 19.6. The third kappa shape index (κ3) is 5.12. The van der Waals surface area contributed by atoms with Crippen LogP contribution in [0.25, 0.3) is 10.9 Å². The van der Waals surface area contributed by atoms with Crippen LogP contribution < -0.4 is 10.5 Å². The Hall–Kier alpha value is -2.85. The van der Waals surface area contributed by atoms with Crippen LogP contribution >= 0.6 is 23.8 Å². The number of benzene rings is 2. The summed E-state index contributed by atoms with van der Waals surface area (Å²) in [7, 11) is 0. The second kappa shape index (κ2) is 9.79. The molecule has 2 aromatic carbocycles. The molecule has 2 heterocycles. The fraction of sp³-hybridized carbons (Fsp3) is 0.348. The van der Waals surface area contributed by atoms with Gasteiger partial charge in [-0.15, -0.1) is 0 Å². The van der Waals surface area contributed by atoms with Crippen molar-refractivity contribution in [1.82, 2.24) is 14.5 Å². The summed E-state index contributed by atoms with van der Waals surface area (Å²) < 4.78 is 41.2. The van der Waals surface area contributed by atoms with E-state index in [-0.39, 0.29) is 22.9 Å². The van der Waals surface area contributed by atoms with Crippen molar-refractivity contribution in [2.75, 3.05) is 31.1 Å². The predicted octanol–water partition coefficient (Wildman–Crippen LogP) is 4.86. The molecule has 3 aromatic rings. The molecule has 1 saturated heterocycles. The van der Waals surface area contributed by atoms with Gasteiger partial charge in [0, 0.05) is 44.8 Å². The Morgan fingerprint density at radius 3 is 2.50 bits per heavy atom. The summed E-state index contributed by atoms with van der Waals surface area (Å²) in [6, 6.07) is 11.0. The molecule has 34 heavy (non-hydrogen) atoms. The number of hydrogen-bond acceptors (Lipinski definition) is 4. The first-order chi connectivity index (χ1) is 16.1. The second-order valence-corrected chi connectivity index (χ2v) is 8.86. The Morgan fingerprint density at radius 1 is 1.09 bits per heavy atom. The molecule has 1 aliphatic rings. The van der Waals surface area contributed by atoms with Gasteiger partial charge in [-0.25, -0.2) is 0 Å². The summed E-state index contributed by atoms with van der Waals surface area (Å²) in [4.78, 5) is 31.9. The van der Waals surface area contributed by atoms with Gasteiger partial charge >= 0.3 is 6.18 Å². The third-order valence-electron chi connectivity index (χ3n) is 5.91. The van der Waals surface area contributed by atoms with Crippen LogP contribution in [0.4, 0.5) is 18.9 Å². The Kier molecular flexibility index (Phi) is 6.99. The number of nitrogens with zero attached hydrogens (tertiary/aromatic N) is 3. The summed E-state index contributed by atoms with van der Waals surface area (Å²) in [5, 5.41) is 0.199. The van der Waals surface area contributed by atoms with E-state index in [1.54, 1.807) is 29.2 Å². The van der Waals surface area contributed by atoms with E-state index in [9.17, 15) is 22.8 Å². The average Bonchev–Trinajstić information content (AvgIpc) is 2.81. The molecular weight excluding hydrogens is 489 g/mol. The number of amides is 1.